The summed E-state index contributed by atoms with van der Waals surface area (Å²) >= 11 is 0. The number of halogens is 1. The van der Waals surface area contributed by atoms with E-state index >= 15 is 0 Å². The zero-order valence-corrected chi connectivity index (χ0v) is 11.3. The van der Waals surface area contributed by atoms with Crippen molar-refractivity contribution < 1.29 is 4.39 Å². The fourth-order valence-electron chi connectivity index (χ4n) is 2.26. The van der Waals surface area contributed by atoms with E-state index < -0.39 is 0 Å². The number of benzene rings is 1. The van der Waals surface area contributed by atoms with Gasteiger partial charge < -0.3 is 10.2 Å². The molecule has 1 aliphatic carbocycles. The van der Waals surface area contributed by atoms with Crippen molar-refractivity contribution in [2.24, 2.45) is 5.92 Å². The fourth-order valence-corrected chi connectivity index (χ4v) is 2.26. The summed E-state index contributed by atoms with van der Waals surface area (Å²) in [6, 6.07) is 7.64. The molecule has 0 radical (unpaired) electrons. The van der Waals surface area contributed by atoms with Gasteiger partial charge in [0.25, 0.3) is 0 Å². The summed E-state index contributed by atoms with van der Waals surface area (Å²) in [5.41, 5.74) is 1.04. The highest BCUT2D eigenvalue weighted by Gasteiger charge is 2.21. The van der Waals surface area contributed by atoms with Crippen molar-refractivity contribution >= 4 is 0 Å². The molecular formula is C15H23FN2. The van der Waals surface area contributed by atoms with Crippen LogP contribution in [0.2, 0.25) is 0 Å². The van der Waals surface area contributed by atoms with Crippen LogP contribution in [0.25, 0.3) is 0 Å². The third-order valence-electron chi connectivity index (χ3n) is 3.30. The van der Waals surface area contributed by atoms with E-state index in [2.05, 4.69) is 24.2 Å². The van der Waals surface area contributed by atoms with Gasteiger partial charge in [-0.1, -0.05) is 19.1 Å². The molecule has 0 saturated heterocycles. The highest BCUT2D eigenvalue weighted by atomic mass is 19.1. The second-order valence-electron chi connectivity index (χ2n) is 5.61. The number of hydrogen-bond acceptors (Lipinski definition) is 2. The molecule has 0 bridgehead atoms. The third-order valence-corrected chi connectivity index (χ3v) is 3.30. The molecular weight excluding hydrogens is 227 g/mol. The van der Waals surface area contributed by atoms with Crippen LogP contribution in [0.3, 0.4) is 0 Å². The van der Waals surface area contributed by atoms with Crippen LogP contribution in [0.5, 0.6) is 0 Å². The molecule has 1 aromatic carbocycles. The normalized spacial score (nSPS) is 17.1. The van der Waals surface area contributed by atoms with E-state index in [1.54, 1.807) is 12.1 Å². The highest BCUT2D eigenvalue weighted by molar-refractivity contribution is 5.16. The summed E-state index contributed by atoms with van der Waals surface area (Å²) in [6.45, 7) is 5.19. The minimum absolute atomic E-state index is 0.149. The van der Waals surface area contributed by atoms with Crippen LogP contribution >= 0.6 is 0 Å². The number of hydrogen-bond donors (Lipinski definition) is 1. The average molecular weight is 250 g/mol. The Labute approximate surface area is 109 Å². The van der Waals surface area contributed by atoms with Crippen LogP contribution in [0, 0.1) is 11.7 Å². The summed E-state index contributed by atoms with van der Waals surface area (Å²) in [5, 5.41) is 3.55. The molecule has 0 aliphatic heterocycles. The van der Waals surface area contributed by atoms with Gasteiger partial charge in [0.15, 0.2) is 0 Å². The van der Waals surface area contributed by atoms with Gasteiger partial charge in [0.2, 0.25) is 0 Å². The molecule has 2 rings (SSSR count). The maximum absolute atomic E-state index is 13.1. The first kappa shape index (κ1) is 13.5. The lowest BCUT2D eigenvalue weighted by atomic mass is 10.1. The minimum atomic E-state index is -0.149. The molecule has 1 aliphatic rings. The van der Waals surface area contributed by atoms with Crippen LogP contribution in [0.4, 0.5) is 4.39 Å². The maximum atomic E-state index is 13.1. The van der Waals surface area contributed by atoms with Gasteiger partial charge in [-0.3, -0.25) is 0 Å². The molecule has 2 nitrogen and oxygen atoms in total. The second-order valence-corrected chi connectivity index (χ2v) is 5.61. The van der Waals surface area contributed by atoms with Gasteiger partial charge in [0, 0.05) is 19.1 Å². The predicted octanol–water partition coefficient (Wildman–Crippen LogP) is 2.65. The molecule has 1 N–H and O–H groups in total. The van der Waals surface area contributed by atoms with E-state index in [0.29, 0.717) is 5.92 Å². The van der Waals surface area contributed by atoms with Crippen molar-refractivity contribution in [2.45, 2.75) is 32.4 Å². The molecule has 1 aromatic rings. The number of rotatable bonds is 7. The summed E-state index contributed by atoms with van der Waals surface area (Å²) in [7, 11) is 2.10. The Morgan fingerprint density at radius 1 is 1.44 bits per heavy atom. The molecule has 1 unspecified atom stereocenters. The lowest BCUT2D eigenvalue weighted by molar-refractivity contribution is 0.273. The molecule has 0 aromatic heterocycles. The Morgan fingerprint density at radius 3 is 2.89 bits per heavy atom. The van der Waals surface area contributed by atoms with Gasteiger partial charge in [-0.2, -0.15) is 0 Å². The van der Waals surface area contributed by atoms with Crippen molar-refractivity contribution in [3.05, 3.63) is 35.6 Å². The Balaban J connectivity index is 1.71. The summed E-state index contributed by atoms with van der Waals surface area (Å²) in [5.74, 6) is 0.480. The lowest BCUT2D eigenvalue weighted by Gasteiger charge is -2.21. The largest absolute Gasteiger partial charge is 0.314 e. The smallest absolute Gasteiger partial charge is 0.123 e. The van der Waals surface area contributed by atoms with Gasteiger partial charge in [-0.15, -0.1) is 0 Å². The highest BCUT2D eigenvalue weighted by Crippen LogP contribution is 2.18. The van der Waals surface area contributed by atoms with E-state index in [1.165, 1.54) is 18.9 Å². The average Bonchev–Trinajstić information content (AvgIpc) is 3.09. The summed E-state index contributed by atoms with van der Waals surface area (Å²) in [4.78, 5) is 2.26. The lowest BCUT2D eigenvalue weighted by Crippen LogP contribution is -2.31. The fraction of sp³-hybridized carbons (Fsp3) is 0.600. The van der Waals surface area contributed by atoms with Gasteiger partial charge >= 0.3 is 0 Å². The predicted molar refractivity (Wildman–Crippen MR) is 72.9 cm³/mol. The first-order chi connectivity index (χ1) is 8.63. The van der Waals surface area contributed by atoms with E-state index in [0.717, 1.165) is 31.2 Å². The SMILES string of the molecule is CC(CNC1CC1)CN(C)Cc1cccc(F)c1. The Hall–Kier alpha value is -0.930. The molecule has 0 heterocycles. The van der Waals surface area contributed by atoms with Crippen molar-refractivity contribution in [3.63, 3.8) is 0 Å². The molecule has 18 heavy (non-hydrogen) atoms. The van der Waals surface area contributed by atoms with Crippen molar-refractivity contribution in [2.75, 3.05) is 20.1 Å². The zero-order valence-electron chi connectivity index (χ0n) is 11.3. The number of nitrogens with zero attached hydrogens (tertiary/aromatic N) is 1. The van der Waals surface area contributed by atoms with Gasteiger partial charge in [-0.05, 0) is 50.0 Å². The Morgan fingerprint density at radius 2 is 2.22 bits per heavy atom. The number of nitrogens with one attached hydrogen (secondary N) is 1. The molecule has 1 fully saturated rings. The van der Waals surface area contributed by atoms with E-state index in [1.807, 2.05) is 6.07 Å². The van der Waals surface area contributed by atoms with Gasteiger partial charge in [0.05, 0.1) is 0 Å². The Kier molecular flexibility index (Phi) is 4.72. The molecule has 1 atom stereocenters. The minimum Gasteiger partial charge on any atom is -0.314 e. The van der Waals surface area contributed by atoms with Crippen LogP contribution in [-0.2, 0) is 6.54 Å². The van der Waals surface area contributed by atoms with Crippen molar-refractivity contribution in [3.8, 4) is 0 Å². The molecule has 3 heteroatoms. The van der Waals surface area contributed by atoms with Crippen LogP contribution in [0.1, 0.15) is 25.3 Å². The van der Waals surface area contributed by atoms with Crippen LogP contribution in [-0.4, -0.2) is 31.1 Å². The molecule has 100 valence electrons. The molecule has 1 saturated carbocycles. The topological polar surface area (TPSA) is 15.3 Å². The van der Waals surface area contributed by atoms with E-state index in [9.17, 15) is 4.39 Å². The van der Waals surface area contributed by atoms with Crippen molar-refractivity contribution in [1.29, 1.82) is 0 Å². The van der Waals surface area contributed by atoms with Crippen LogP contribution in [0.15, 0.2) is 24.3 Å². The first-order valence-corrected chi connectivity index (χ1v) is 6.80. The first-order valence-electron chi connectivity index (χ1n) is 6.80. The second kappa shape index (κ2) is 6.30. The molecule has 0 amide bonds. The third kappa shape index (κ3) is 4.75. The summed E-state index contributed by atoms with van der Waals surface area (Å²) in [6.07, 6.45) is 2.68. The Bertz CT molecular complexity index is 377. The monoisotopic (exact) mass is 250 g/mol. The van der Waals surface area contributed by atoms with Gasteiger partial charge in [-0.25, -0.2) is 4.39 Å². The zero-order chi connectivity index (χ0) is 13.0. The summed E-state index contributed by atoms with van der Waals surface area (Å²) < 4.78 is 13.1. The quantitative estimate of drug-likeness (QED) is 0.800. The van der Waals surface area contributed by atoms with Crippen molar-refractivity contribution in [1.82, 2.24) is 10.2 Å². The van der Waals surface area contributed by atoms with Crippen LogP contribution < -0.4 is 5.32 Å². The van der Waals surface area contributed by atoms with E-state index in [-0.39, 0.29) is 5.82 Å². The molecule has 0 spiro atoms. The standard InChI is InChI=1S/C15H23FN2/c1-12(9-17-15-6-7-15)10-18(2)11-13-4-3-5-14(16)8-13/h3-5,8,12,15,17H,6-7,9-11H2,1-2H3. The van der Waals surface area contributed by atoms with Gasteiger partial charge in [0.1, 0.15) is 5.82 Å². The van der Waals surface area contributed by atoms with E-state index in [4.69, 9.17) is 0 Å². The maximum Gasteiger partial charge on any atom is 0.123 e.